The molecule has 2 saturated heterocycles. The van der Waals surface area contributed by atoms with E-state index in [0.717, 1.165) is 38.5 Å². The number of sulfonamides is 1. The summed E-state index contributed by atoms with van der Waals surface area (Å²) in [5.74, 6) is -2.47. The molecule has 6 fully saturated rings. The highest BCUT2D eigenvalue weighted by atomic mass is 32.2. The van der Waals surface area contributed by atoms with Gasteiger partial charge >= 0.3 is 6.03 Å². The van der Waals surface area contributed by atoms with Gasteiger partial charge < -0.3 is 15.1 Å². The number of urea groups is 1. The third-order valence-corrected chi connectivity index (χ3v) is 16.7. The summed E-state index contributed by atoms with van der Waals surface area (Å²) in [4.78, 5) is 74.6. The first-order valence-corrected chi connectivity index (χ1v) is 21.6. The van der Waals surface area contributed by atoms with Gasteiger partial charge in [-0.2, -0.15) is 0 Å². The number of rotatable bonds is 12. The van der Waals surface area contributed by atoms with Gasteiger partial charge in [0.2, 0.25) is 21.8 Å². The van der Waals surface area contributed by atoms with Crippen LogP contribution < -0.4 is 10.0 Å². The quantitative estimate of drug-likeness (QED) is 0.240. The Morgan fingerprint density at radius 2 is 1.51 bits per heavy atom. The average Bonchev–Trinajstić information content (AvgIpc) is 3.99. The number of nitrogens with zero attached hydrogens (tertiary/aromatic N) is 2. The van der Waals surface area contributed by atoms with Gasteiger partial charge in [0, 0.05) is 43.8 Å². The highest BCUT2D eigenvalue weighted by Crippen LogP contribution is 2.88. The first-order chi connectivity index (χ1) is 24.5. The van der Waals surface area contributed by atoms with Crippen LogP contribution in [0.3, 0.4) is 0 Å². The summed E-state index contributed by atoms with van der Waals surface area (Å²) in [6.45, 7) is 21.7. The maximum absolute atomic E-state index is 15.1. The van der Waals surface area contributed by atoms with E-state index < -0.39 is 55.4 Å². The molecular weight excluding hydrogens is 693 g/mol. The molecule has 0 unspecified atom stereocenters. The Morgan fingerprint density at radius 1 is 0.887 bits per heavy atom. The van der Waals surface area contributed by atoms with E-state index in [1.807, 2.05) is 41.5 Å². The number of allylic oxidation sites excluding steroid dienone is 1. The van der Waals surface area contributed by atoms with Gasteiger partial charge in [0.25, 0.3) is 0 Å². The zero-order chi connectivity index (χ0) is 39.2. The number of carbonyl (C=O) groups is 5. The van der Waals surface area contributed by atoms with Gasteiger partial charge in [-0.25, -0.2) is 13.2 Å². The molecule has 11 nitrogen and oxygen atoms in total. The predicted molar refractivity (Wildman–Crippen MR) is 203 cm³/mol. The summed E-state index contributed by atoms with van der Waals surface area (Å²) in [6.07, 6.45) is 9.31. The van der Waals surface area contributed by atoms with Crippen LogP contribution in [-0.4, -0.2) is 84.6 Å². The fourth-order valence-electron chi connectivity index (χ4n) is 10.8. The number of amides is 4. The Bertz CT molecular complexity index is 1660. The van der Waals surface area contributed by atoms with Crippen molar-refractivity contribution in [3.8, 4) is 0 Å². The molecule has 6 atom stereocenters. The second kappa shape index (κ2) is 13.2. The number of hydrogen-bond acceptors (Lipinski definition) is 7. The average molecular weight is 757 g/mol. The molecule has 0 aromatic heterocycles. The molecule has 4 amide bonds. The van der Waals surface area contributed by atoms with Crippen molar-refractivity contribution in [2.24, 2.45) is 44.3 Å². The highest BCUT2D eigenvalue weighted by molar-refractivity contribution is 7.90. The molecule has 6 aliphatic rings. The lowest BCUT2D eigenvalue weighted by Crippen LogP contribution is -2.55. The van der Waals surface area contributed by atoms with Crippen LogP contribution in [0.2, 0.25) is 0 Å². The van der Waals surface area contributed by atoms with Crippen LogP contribution in [0.15, 0.2) is 12.7 Å². The Kier molecular flexibility index (Phi) is 9.93. The summed E-state index contributed by atoms with van der Waals surface area (Å²) in [5.41, 5.74) is -2.79. The lowest BCUT2D eigenvalue weighted by molar-refractivity contribution is -0.146. The summed E-state index contributed by atoms with van der Waals surface area (Å²) in [7, 11) is -3.82. The molecule has 4 saturated carbocycles. The van der Waals surface area contributed by atoms with Crippen LogP contribution in [0.5, 0.6) is 0 Å². The Labute approximate surface area is 317 Å². The van der Waals surface area contributed by atoms with Crippen LogP contribution in [0.1, 0.15) is 132 Å². The minimum absolute atomic E-state index is 0.0350. The lowest BCUT2D eigenvalue weighted by Gasteiger charge is -2.38. The van der Waals surface area contributed by atoms with Gasteiger partial charge in [-0.3, -0.25) is 23.9 Å². The predicted octanol–water partition coefficient (Wildman–Crippen LogP) is 5.78. The zero-order valence-corrected chi connectivity index (χ0v) is 34.3. The third-order valence-electron chi connectivity index (χ3n) is 14.9. The van der Waals surface area contributed by atoms with Gasteiger partial charge in [0.1, 0.15) is 0 Å². The Balaban J connectivity index is 1.27. The van der Waals surface area contributed by atoms with E-state index in [-0.39, 0.29) is 58.5 Å². The molecule has 53 heavy (non-hydrogen) atoms. The molecule has 2 N–H and O–H groups in total. The maximum Gasteiger partial charge on any atom is 0.317 e. The van der Waals surface area contributed by atoms with Gasteiger partial charge in [0.15, 0.2) is 11.6 Å². The van der Waals surface area contributed by atoms with E-state index in [2.05, 4.69) is 30.5 Å². The third kappa shape index (κ3) is 6.68. The smallest absolute Gasteiger partial charge is 0.317 e. The van der Waals surface area contributed by atoms with Crippen LogP contribution in [0.4, 0.5) is 4.79 Å². The van der Waals surface area contributed by atoms with Crippen LogP contribution in [0, 0.1) is 44.3 Å². The minimum atomic E-state index is -3.82. The molecule has 6 rings (SSSR count). The van der Waals surface area contributed by atoms with Crippen molar-refractivity contribution in [2.45, 2.75) is 150 Å². The van der Waals surface area contributed by atoms with Crippen molar-refractivity contribution in [3.05, 3.63) is 12.7 Å². The summed E-state index contributed by atoms with van der Waals surface area (Å²) < 4.78 is 27.9. The van der Waals surface area contributed by atoms with Crippen LogP contribution in [-0.2, 0) is 29.2 Å². The normalized spacial score (nSPS) is 31.3. The van der Waals surface area contributed by atoms with Crippen molar-refractivity contribution < 1.29 is 32.4 Å². The molecule has 2 spiro atoms. The van der Waals surface area contributed by atoms with Gasteiger partial charge in [0.05, 0.1) is 22.7 Å². The fraction of sp³-hybridized carbons (Fsp3) is 0.829. The van der Waals surface area contributed by atoms with Crippen molar-refractivity contribution in [3.63, 3.8) is 0 Å². The molecule has 296 valence electrons. The van der Waals surface area contributed by atoms with E-state index in [9.17, 15) is 27.6 Å². The number of ketones is 2. The van der Waals surface area contributed by atoms with E-state index in [0.29, 0.717) is 45.3 Å². The first kappa shape index (κ1) is 39.9. The number of Topliss-reactive ketones (excluding diaryl/α,β-unsaturated/α-hetero) is 2. The van der Waals surface area contributed by atoms with Crippen molar-refractivity contribution in [1.29, 1.82) is 0 Å². The second-order valence-electron chi connectivity index (χ2n) is 20.2. The maximum atomic E-state index is 15.1. The Morgan fingerprint density at radius 3 is 1.98 bits per heavy atom. The molecule has 0 bridgehead atoms. The van der Waals surface area contributed by atoms with Crippen molar-refractivity contribution in [1.82, 2.24) is 19.8 Å². The monoisotopic (exact) mass is 756 g/mol. The molecule has 12 heteroatoms. The van der Waals surface area contributed by atoms with E-state index >= 15 is 4.79 Å². The highest BCUT2D eigenvalue weighted by Gasteiger charge is 2.85. The Hall–Kier alpha value is -2.76. The van der Waals surface area contributed by atoms with Gasteiger partial charge in [-0.15, -0.1) is 6.58 Å². The summed E-state index contributed by atoms with van der Waals surface area (Å²) in [5, 5.41) is 2.45. The number of likely N-dealkylation sites (tertiary alicyclic amines) is 2. The van der Waals surface area contributed by atoms with Crippen molar-refractivity contribution >= 4 is 39.4 Å². The minimum Gasteiger partial charge on any atom is -0.332 e. The largest absolute Gasteiger partial charge is 0.332 e. The lowest BCUT2D eigenvalue weighted by atomic mass is 9.73. The first-order valence-electron chi connectivity index (χ1n) is 20.1. The number of carbonyl (C=O) groups excluding carboxylic acids is 5. The molecule has 2 heterocycles. The molecule has 4 aliphatic carbocycles. The topological polar surface area (TPSA) is 150 Å². The molecule has 0 aromatic rings. The number of piperidine rings is 1. The number of fused-ring (bicyclic) bond motifs is 1. The molecule has 0 radical (unpaired) electrons. The summed E-state index contributed by atoms with van der Waals surface area (Å²) in [6, 6.07) is -1.87. The van der Waals surface area contributed by atoms with Crippen molar-refractivity contribution in [2.75, 3.05) is 19.6 Å². The van der Waals surface area contributed by atoms with E-state index in [1.165, 1.54) is 0 Å². The standard InChI is InChI=1S/C41H64N4O7S/c1-10-26-22-39(26,34(49)43-53(51,52)27-15-16-27)24-31(47)29-23-41(38(8,9)40(41)17-14-18-40)25-45(29)33(48)28(36(2,3)4)21-30(46)32(37(5,6)7)42-35(50)44-19-12-11-13-20-44/h10,26-29,32H,1,11-25H2,2-9H3,(H,42,50)(H,43,49)/t26-,28-,29+,32-,39-,41-/m1/s1. The van der Waals surface area contributed by atoms with Crippen LogP contribution in [0.25, 0.3) is 0 Å². The summed E-state index contributed by atoms with van der Waals surface area (Å²) >= 11 is 0. The number of nitrogens with one attached hydrogen (secondary N) is 2. The second-order valence-corrected chi connectivity index (χ2v) is 22.2. The van der Waals surface area contributed by atoms with Crippen LogP contribution >= 0.6 is 0 Å². The molecule has 2 aliphatic heterocycles. The van der Waals surface area contributed by atoms with Gasteiger partial charge in [-0.1, -0.05) is 67.9 Å². The molecule has 0 aromatic carbocycles. The zero-order valence-electron chi connectivity index (χ0n) is 33.4. The SMILES string of the molecule is C=C[C@@H]1C[C@]1(CC(=O)[C@@H]1C[C@@]2(CN1C(=O)[C@@H](CC(=O)[C@@H](NC(=O)N1CCCCC1)C(C)(C)C)C(C)(C)C)C(C)(C)C21CCC1)C(=O)NS(=O)(=O)C1CC1. The number of hydrogen-bond donors (Lipinski definition) is 2. The van der Waals surface area contributed by atoms with E-state index in [4.69, 9.17) is 0 Å². The van der Waals surface area contributed by atoms with Gasteiger partial charge in [-0.05, 0) is 85.4 Å². The molecular formula is C41H64N4O7S. The fourth-order valence-corrected chi connectivity index (χ4v) is 12.2. The van der Waals surface area contributed by atoms with E-state index in [1.54, 1.807) is 15.9 Å².